The highest BCUT2D eigenvalue weighted by molar-refractivity contribution is 7.88. The lowest BCUT2D eigenvalue weighted by atomic mass is 9.99. The molecular formula is C49H56N10O8S3. The van der Waals surface area contributed by atoms with Crippen molar-refractivity contribution in [2.24, 2.45) is 0 Å². The molecule has 0 spiro atoms. The summed E-state index contributed by atoms with van der Waals surface area (Å²) in [6, 6.07) is 23.6. The molecule has 2 aliphatic rings. The Morgan fingerprint density at radius 1 is 0.600 bits per heavy atom. The molecule has 0 radical (unpaired) electrons. The van der Waals surface area contributed by atoms with Crippen LogP contribution in [0.15, 0.2) is 95.7 Å². The number of anilines is 4. The molecular weight excluding hydrogens is 953 g/mol. The van der Waals surface area contributed by atoms with E-state index in [2.05, 4.69) is 46.4 Å². The molecule has 2 aliphatic heterocycles. The van der Waals surface area contributed by atoms with E-state index in [1.165, 1.54) is 47.5 Å². The number of urea groups is 2. The maximum Gasteiger partial charge on any atom is 0.325 e. The average molecular weight is 1010 g/mol. The van der Waals surface area contributed by atoms with Gasteiger partial charge >= 0.3 is 12.1 Å². The second-order valence-corrected chi connectivity index (χ2v) is 20.3. The number of benzene rings is 4. The van der Waals surface area contributed by atoms with Crippen LogP contribution in [0.5, 0.6) is 11.5 Å². The molecule has 4 aromatic carbocycles. The van der Waals surface area contributed by atoms with E-state index >= 15 is 0 Å². The van der Waals surface area contributed by atoms with E-state index < -0.39 is 22.1 Å². The number of carbonyl (C=O) groups is 4. The van der Waals surface area contributed by atoms with Crippen molar-refractivity contribution in [3.8, 4) is 11.5 Å². The predicted molar refractivity (Wildman–Crippen MR) is 275 cm³/mol. The number of nitrogens with one attached hydrogen (secondary N) is 5. The summed E-state index contributed by atoms with van der Waals surface area (Å²) >= 11 is 2.68. The maximum absolute atomic E-state index is 13.3. The first-order valence-electron chi connectivity index (χ1n) is 22.4. The molecule has 368 valence electrons. The monoisotopic (exact) mass is 1010 g/mol. The number of hydrogen-bond donors (Lipinski definition) is 5. The van der Waals surface area contributed by atoms with Crippen LogP contribution in [0.25, 0.3) is 0 Å². The maximum atomic E-state index is 13.3. The smallest absolute Gasteiger partial charge is 0.325 e. The van der Waals surface area contributed by atoms with Gasteiger partial charge in [0, 0.05) is 87.3 Å². The summed E-state index contributed by atoms with van der Waals surface area (Å²) in [4.78, 5) is 65.5. The quantitative estimate of drug-likeness (QED) is 0.0647. The van der Waals surface area contributed by atoms with Crippen LogP contribution in [0, 0.1) is 13.8 Å². The molecule has 2 saturated heterocycles. The number of methoxy groups -OCH3 is 2. The Bertz CT molecular complexity index is 2930. The summed E-state index contributed by atoms with van der Waals surface area (Å²) < 4.78 is 35.5. The van der Waals surface area contributed by atoms with Crippen LogP contribution in [0.4, 0.5) is 31.2 Å². The fourth-order valence-corrected chi connectivity index (χ4v) is 10.0. The van der Waals surface area contributed by atoms with Gasteiger partial charge < -0.3 is 25.4 Å². The molecule has 0 saturated carbocycles. The second-order valence-electron chi connectivity index (χ2n) is 16.6. The topological polar surface area (TPSA) is 217 Å². The van der Waals surface area contributed by atoms with Crippen LogP contribution in [0.1, 0.15) is 54.4 Å². The molecule has 21 heteroatoms. The van der Waals surface area contributed by atoms with E-state index in [-0.39, 0.29) is 11.6 Å². The van der Waals surface area contributed by atoms with Crippen LogP contribution in [-0.4, -0.2) is 129 Å². The molecule has 0 aliphatic carbocycles. The lowest BCUT2D eigenvalue weighted by molar-refractivity contribution is 0.102. The Labute approximate surface area is 415 Å². The third-order valence-electron chi connectivity index (χ3n) is 11.4. The minimum Gasteiger partial charge on any atom is -0.496 e. The standard InChI is InChI=1S/C25H29N5O5S2.C24H27N5O3S/c1-17-8-9-21(20(14-17)23(31)19-6-4-5-7-22(19)35-2)27-24(32)28-25-26-18(16-36-25)15-29-10-12-30(13-11-29)37(3,33)34;1-16-7-8-20(19(13-16)22(30)18-5-3-4-6-21(18)32-2)27-23(31)28-24-26-17(15-33-24)14-29-11-9-25-10-12-29/h4-9,14,16H,10-13,15H2,1-3H3,(H2,26,27,28,32);3-8,13,15,25H,9-12,14H2,1-2H3,(H2,26,27,28,31). The number of piperazine rings is 2. The van der Waals surface area contributed by atoms with Crippen molar-refractivity contribution in [2.75, 3.05) is 94.1 Å². The highest BCUT2D eigenvalue weighted by atomic mass is 32.2. The van der Waals surface area contributed by atoms with E-state index in [9.17, 15) is 27.6 Å². The highest BCUT2D eigenvalue weighted by Crippen LogP contribution is 2.29. The molecule has 18 nitrogen and oxygen atoms in total. The Balaban J connectivity index is 0.000000208. The molecule has 70 heavy (non-hydrogen) atoms. The van der Waals surface area contributed by atoms with Gasteiger partial charge in [-0.3, -0.25) is 30.0 Å². The molecule has 0 atom stereocenters. The summed E-state index contributed by atoms with van der Waals surface area (Å²) in [7, 11) is -0.143. The molecule has 8 rings (SSSR count). The zero-order valence-electron chi connectivity index (χ0n) is 39.5. The van der Waals surface area contributed by atoms with Crippen LogP contribution in [0.2, 0.25) is 0 Å². The summed E-state index contributed by atoms with van der Waals surface area (Å²) in [5.41, 5.74) is 5.90. The fourth-order valence-electron chi connectivity index (χ4n) is 7.79. The van der Waals surface area contributed by atoms with Crippen LogP contribution in [0.3, 0.4) is 0 Å². The average Bonchev–Trinajstić information content (AvgIpc) is 4.00. The molecule has 0 bridgehead atoms. The molecule has 4 heterocycles. The van der Waals surface area contributed by atoms with E-state index in [0.29, 0.717) is 88.1 Å². The minimum atomic E-state index is -3.18. The first kappa shape index (κ1) is 51.3. The molecule has 4 amide bonds. The largest absolute Gasteiger partial charge is 0.496 e. The number of thiazole rings is 2. The fraction of sp³-hybridized carbons (Fsp3) is 0.306. The van der Waals surface area contributed by atoms with Gasteiger partial charge in [0.2, 0.25) is 10.0 Å². The summed E-state index contributed by atoms with van der Waals surface area (Å²) in [6.45, 7) is 11.1. The Hall–Kier alpha value is -6.59. The van der Waals surface area contributed by atoms with Gasteiger partial charge in [0.25, 0.3) is 0 Å². The van der Waals surface area contributed by atoms with Crippen molar-refractivity contribution >= 4 is 78.0 Å². The number of ketones is 2. The van der Waals surface area contributed by atoms with Crippen LogP contribution in [-0.2, 0) is 23.1 Å². The van der Waals surface area contributed by atoms with Gasteiger partial charge in [0.15, 0.2) is 21.8 Å². The van der Waals surface area contributed by atoms with E-state index in [1.54, 1.807) is 66.7 Å². The van der Waals surface area contributed by atoms with Crippen LogP contribution < -0.4 is 36.1 Å². The lowest BCUT2D eigenvalue weighted by Gasteiger charge is -2.32. The number of carbonyl (C=O) groups excluding carboxylic acids is 4. The zero-order valence-corrected chi connectivity index (χ0v) is 42.0. The first-order chi connectivity index (χ1) is 33.7. The van der Waals surface area contributed by atoms with Gasteiger partial charge in [-0.15, -0.1) is 22.7 Å². The van der Waals surface area contributed by atoms with Gasteiger partial charge in [-0.1, -0.05) is 47.5 Å². The minimum absolute atomic E-state index is 0.223. The van der Waals surface area contributed by atoms with Crippen LogP contribution >= 0.6 is 22.7 Å². The van der Waals surface area contributed by atoms with E-state index in [4.69, 9.17) is 9.47 Å². The van der Waals surface area contributed by atoms with E-state index in [0.717, 1.165) is 55.2 Å². The molecule has 6 aromatic rings. The van der Waals surface area contributed by atoms with Gasteiger partial charge in [-0.2, -0.15) is 4.31 Å². The number of rotatable bonds is 15. The third kappa shape index (κ3) is 13.8. The summed E-state index contributed by atoms with van der Waals surface area (Å²) in [5, 5.41) is 19.2. The molecule has 0 unspecified atom stereocenters. The zero-order chi connectivity index (χ0) is 49.8. The van der Waals surface area contributed by atoms with Gasteiger partial charge in [-0.25, -0.2) is 28.0 Å². The Morgan fingerprint density at radius 2 is 1.03 bits per heavy atom. The number of nitrogens with zero attached hydrogens (tertiary/aromatic N) is 5. The SMILES string of the molecule is COc1ccccc1C(=O)c1cc(C)ccc1NC(=O)Nc1nc(CN2CCN(S(C)(=O)=O)CC2)cs1.COc1ccccc1C(=O)c1cc(C)ccc1NC(=O)Nc1nc(CN2CCNCC2)cs1. The Morgan fingerprint density at radius 3 is 1.46 bits per heavy atom. The van der Waals surface area contributed by atoms with Crippen molar-refractivity contribution in [3.05, 3.63) is 140 Å². The number of aromatic nitrogens is 2. The van der Waals surface area contributed by atoms with Crippen molar-refractivity contribution < 1.29 is 37.1 Å². The van der Waals surface area contributed by atoms with E-state index in [1.807, 2.05) is 42.8 Å². The molecule has 2 fully saturated rings. The van der Waals surface area contributed by atoms with Gasteiger partial charge in [-0.05, 0) is 62.4 Å². The number of para-hydroxylation sites is 2. The lowest BCUT2D eigenvalue weighted by Crippen LogP contribution is -2.47. The summed E-state index contributed by atoms with van der Waals surface area (Å²) in [6.07, 6.45) is 1.22. The highest BCUT2D eigenvalue weighted by Gasteiger charge is 2.25. The third-order valence-corrected chi connectivity index (χ3v) is 14.3. The molecule has 5 N–H and O–H groups in total. The normalized spacial score (nSPS) is 14.4. The van der Waals surface area contributed by atoms with Crippen molar-refractivity contribution in [2.45, 2.75) is 26.9 Å². The number of hydrogen-bond acceptors (Lipinski definition) is 15. The number of aryl methyl sites for hydroxylation is 2. The van der Waals surface area contributed by atoms with Gasteiger partial charge in [0.1, 0.15) is 11.5 Å². The number of amides is 4. The van der Waals surface area contributed by atoms with Crippen molar-refractivity contribution in [1.82, 2.24) is 29.4 Å². The number of sulfonamides is 1. The second kappa shape index (κ2) is 23.8. The molecule has 2 aromatic heterocycles. The number of ether oxygens (including phenoxy) is 2. The van der Waals surface area contributed by atoms with Crippen molar-refractivity contribution in [1.29, 1.82) is 0 Å². The summed E-state index contributed by atoms with van der Waals surface area (Å²) in [5.74, 6) is 0.458. The first-order valence-corrected chi connectivity index (χ1v) is 26.0. The Kier molecular flexibility index (Phi) is 17.4. The predicted octanol–water partition coefficient (Wildman–Crippen LogP) is 7.15. The van der Waals surface area contributed by atoms with Crippen molar-refractivity contribution in [3.63, 3.8) is 0 Å². The van der Waals surface area contributed by atoms with Gasteiger partial charge in [0.05, 0.1) is 54.4 Å².